The number of carbonyl (C=O) groups is 1. The maximum Gasteiger partial charge on any atom is 0.222 e. The second-order valence-corrected chi connectivity index (χ2v) is 6.14. The van der Waals surface area contributed by atoms with E-state index in [1.807, 2.05) is 0 Å². The Balaban J connectivity index is 0.00000162. The Morgan fingerprint density at radius 2 is 1.94 bits per heavy atom. The lowest BCUT2D eigenvalue weighted by Crippen LogP contribution is -2.42. The number of amides is 1. The van der Waals surface area contributed by atoms with Crippen LogP contribution in [0.25, 0.3) is 0 Å². The van der Waals surface area contributed by atoms with Gasteiger partial charge in [-0.05, 0) is 50.1 Å². The number of nitrogens with zero attached hydrogens (tertiary/aromatic N) is 1. The first-order chi connectivity index (χ1) is 8.15. The van der Waals surface area contributed by atoms with Crippen LogP contribution in [-0.4, -0.2) is 37.0 Å². The first-order valence-electron chi connectivity index (χ1n) is 7.13. The van der Waals surface area contributed by atoms with E-state index in [-0.39, 0.29) is 12.4 Å². The Labute approximate surface area is 117 Å². The molecule has 0 aromatic rings. The molecular formula is C14H27ClN2O. The molecule has 2 heterocycles. The van der Waals surface area contributed by atoms with E-state index in [9.17, 15) is 4.79 Å². The summed E-state index contributed by atoms with van der Waals surface area (Å²) in [5.74, 6) is 2.47. The number of rotatable bonds is 3. The SMILES string of the molecule is CC1CC(C)CN(C(=O)CCC2CCNC2)C1.Cl. The van der Waals surface area contributed by atoms with E-state index in [0.717, 1.165) is 44.9 Å². The largest absolute Gasteiger partial charge is 0.342 e. The van der Waals surface area contributed by atoms with Gasteiger partial charge in [0.2, 0.25) is 5.91 Å². The normalized spacial score (nSPS) is 32.1. The van der Waals surface area contributed by atoms with E-state index < -0.39 is 0 Å². The third-order valence-electron chi connectivity index (χ3n) is 4.15. The van der Waals surface area contributed by atoms with E-state index in [2.05, 4.69) is 24.1 Å². The standard InChI is InChI=1S/C14H26N2O.ClH/c1-11-7-12(2)10-16(9-11)14(17)4-3-13-5-6-15-8-13;/h11-13,15H,3-10H2,1-2H3;1H. The predicted molar refractivity (Wildman–Crippen MR) is 77.0 cm³/mol. The summed E-state index contributed by atoms with van der Waals surface area (Å²) >= 11 is 0. The van der Waals surface area contributed by atoms with Crippen molar-refractivity contribution in [1.82, 2.24) is 10.2 Å². The molecule has 0 aromatic heterocycles. The second-order valence-electron chi connectivity index (χ2n) is 6.14. The molecule has 0 aromatic carbocycles. The lowest BCUT2D eigenvalue weighted by molar-refractivity contribution is -0.134. The van der Waals surface area contributed by atoms with Crippen molar-refractivity contribution in [3.05, 3.63) is 0 Å². The zero-order valence-corrected chi connectivity index (χ0v) is 12.5. The van der Waals surface area contributed by atoms with Crippen molar-refractivity contribution in [3.63, 3.8) is 0 Å². The minimum absolute atomic E-state index is 0. The molecule has 0 radical (unpaired) electrons. The van der Waals surface area contributed by atoms with Gasteiger partial charge in [0.1, 0.15) is 0 Å². The molecule has 2 aliphatic heterocycles. The van der Waals surface area contributed by atoms with E-state index in [1.165, 1.54) is 12.8 Å². The minimum Gasteiger partial charge on any atom is -0.342 e. The third-order valence-corrected chi connectivity index (χ3v) is 4.15. The van der Waals surface area contributed by atoms with Crippen LogP contribution < -0.4 is 5.32 Å². The van der Waals surface area contributed by atoms with Gasteiger partial charge in [-0.3, -0.25) is 4.79 Å². The van der Waals surface area contributed by atoms with E-state index in [1.54, 1.807) is 0 Å². The summed E-state index contributed by atoms with van der Waals surface area (Å²) in [5, 5.41) is 3.36. The number of hydrogen-bond acceptors (Lipinski definition) is 2. The summed E-state index contributed by atoms with van der Waals surface area (Å²) in [7, 11) is 0. The van der Waals surface area contributed by atoms with Crippen molar-refractivity contribution in [2.24, 2.45) is 17.8 Å². The fourth-order valence-corrected chi connectivity index (χ4v) is 3.31. The molecule has 2 aliphatic rings. The maximum atomic E-state index is 12.2. The van der Waals surface area contributed by atoms with Gasteiger partial charge in [0.25, 0.3) is 0 Å². The topological polar surface area (TPSA) is 32.3 Å². The molecule has 3 unspecified atom stereocenters. The van der Waals surface area contributed by atoms with Crippen LogP contribution in [0.4, 0.5) is 0 Å². The minimum atomic E-state index is 0. The molecule has 4 heteroatoms. The first-order valence-corrected chi connectivity index (χ1v) is 7.13. The molecule has 3 atom stereocenters. The van der Waals surface area contributed by atoms with Gasteiger partial charge < -0.3 is 10.2 Å². The fourth-order valence-electron chi connectivity index (χ4n) is 3.31. The van der Waals surface area contributed by atoms with Crippen molar-refractivity contribution in [1.29, 1.82) is 0 Å². The molecule has 3 nitrogen and oxygen atoms in total. The molecule has 1 N–H and O–H groups in total. The molecule has 2 saturated heterocycles. The van der Waals surface area contributed by atoms with Gasteiger partial charge in [0, 0.05) is 19.5 Å². The number of piperidine rings is 1. The smallest absolute Gasteiger partial charge is 0.222 e. The van der Waals surface area contributed by atoms with Gasteiger partial charge in [-0.2, -0.15) is 0 Å². The average molecular weight is 275 g/mol. The Hall–Kier alpha value is -0.280. The Bertz CT molecular complexity index is 257. The van der Waals surface area contributed by atoms with Crippen molar-refractivity contribution >= 4 is 18.3 Å². The fraction of sp³-hybridized carbons (Fsp3) is 0.929. The second kappa shape index (κ2) is 7.34. The van der Waals surface area contributed by atoms with Crippen LogP contribution in [0.3, 0.4) is 0 Å². The van der Waals surface area contributed by atoms with Gasteiger partial charge in [-0.15, -0.1) is 12.4 Å². The van der Waals surface area contributed by atoms with Crippen molar-refractivity contribution in [3.8, 4) is 0 Å². The highest BCUT2D eigenvalue weighted by molar-refractivity contribution is 5.85. The Kier molecular flexibility index (Phi) is 6.44. The number of carbonyl (C=O) groups excluding carboxylic acids is 1. The molecule has 0 spiro atoms. The highest BCUT2D eigenvalue weighted by Crippen LogP contribution is 2.22. The third kappa shape index (κ3) is 4.43. The zero-order valence-electron chi connectivity index (χ0n) is 11.7. The molecule has 2 rings (SSSR count). The van der Waals surface area contributed by atoms with Crippen LogP contribution in [0.15, 0.2) is 0 Å². The van der Waals surface area contributed by atoms with Crippen LogP contribution in [0.1, 0.15) is 39.5 Å². The summed E-state index contributed by atoms with van der Waals surface area (Å²) < 4.78 is 0. The number of likely N-dealkylation sites (tertiary alicyclic amines) is 1. The van der Waals surface area contributed by atoms with Gasteiger partial charge in [-0.25, -0.2) is 0 Å². The van der Waals surface area contributed by atoms with Crippen LogP contribution in [0.2, 0.25) is 0 Å². The van der Waals surface area contributed by atoms with E-state index >= 15 is 0 Å². The van der Waals surface area contributed by atoms with Crippen molar-refractivity contribution in [2.75, 3.05) is 26.2 Å². The lowest BCUT2D eigenvalue weighted by Gasteiger charge is -2.35. The maximum absolute atomic E-state index is 12.2. The monoisotopic (exact) mass is 274 g/mol. The highest BCUT2D eigenvalue weighted by atomic mass is 35.5. The predicted octanol–water partition coefficient (Wildman–Crippen LogP) is 2.30. The van der Waals surface area contributed by atoms with Crippen LogP contribution in [-0.2, 0) is 4.79 Å². The summed E-state index contributed by atoms with van der Waals surface area (Å²) in [6.45, 7) is 8.72. The summed E-state index contributed by atoms with van der Waals surface area (Å²) in [6, 6.07) is 0. The van der Waals surface area contributed by atoms with Crippen LogP contribution in [0, 0.1) is 17.8 Å². The first kappa shape index (κ1) is 15.8. The molecule has 106 valence electrons. The molecule has 0 bridgehead atoms. The number of nitrogens with one attached hydrogen (secondary N) is 1. The Morgan fingerprint density at radius 3 is 2.50 bits per heavy atom. The molecule has 0 aliphatic carbocycles. The van der Waals surface area contributed by atoms with Gasteiger partial charge in [-0.1, -0.05) is 13.8 Å². The summed E-state index contributed by atoms with van der Waals surface area (Å²) in [5.41, 5.74) is 0. The number of hydrogen-bond donors (Lipinski definition) is 1. The Morgan fingerprint density at radius 1 is 1.28 bits per heavy atom. The molecular weight excluding hydrogens is 248 g/mol. The van der Waals surface area contributed by atoms with Crippen LogP contribution >= 0.6 is 12.4 Å². The van der Waals surface area contributed by atoms with Gasteiger partial charge >= 0.3 is 0 Å². The quantitative estimate of drug-likeness (QED) is 0.857. The van der Waals surface area contributed by atoms with E-state index in [0.29, 0.717) is 17.7 Å². The molecule has 0 saturated carbocycles. The summed E-state index contributed by atoms with van der Waals surface area (Å²) in [6.07, 6.45) is 4.35. The molecule has 1 amide bonds. The summed E-state index contributed by atoms with van der Waals surface area (Å²) in [4.78, 5) is 14.2. The molecule has 18 heavy (non-hydrogen) atoms. The van der Waals surface area contributed by atoms with E-state index in [4.69, 9.17) is 0 Å². The van der Waals surface area contributed by atoms with Gasteiger partial charge in [0.05, 0.1) is 0 Å². The lowest BCUT2D eigenvalue weighted by atomic mass is 9.91. The van der Waals surface area contributed by atoms with Crippen molar-refractivity contribution in [2.45, 2.75) is 39.5 Å². The van der Waals surface area contributed by atoms with Gasteiger partial charge in [0.15, 0.2) is 0 Å². The zero-order chi connectivity index (χ0) is 12.3. The van der Waals surface area contributed by atoms with Crippen molar-refractivity contribution < 1.29 is 4.79 Å². The highest BCUT2D eigenvalue weighted by Gasteiger charge is 2.25. The van der Waals surface area contributed by atoms with Crippen LogP contribution in [0.5, 0.6) is 0 Å². The number of halogens is 1. The average Bonchev–Trinajstić information content (AvgIpc) is 2.77. The molecule has 2 fully saturated rings.